The Kier molecular flexibility index (Phi) is 4.39. The molecule has 5 heteroatoms. The fourth-order valence-corrected chi connectivity index (χ4v) is 1.86. The van der Waals surface area contributed by atoms with Gasteiger partial charge in [0.15, 0.2) is 0 Å². The Morgan fingerprint density at radius 2 is 2.20 bits per heavy atom. The molecule has 1 unspecified atom stereocenters. The minimum atomic E-state index is -0.838. The third-order valence-electron chi connectivity index (χ3n) is 3.46. The fourth-order valence-electron chi connectivity index (χ4n) is 1.86. The zero-order valence-corrected chi connectivity index (χ0v) is 11.9. The molecule has 0 bridgehead atoms. The second kappa shape index (κ2) is 6.05. The zero-order valence-electron chi connectivity index (χ0n) is 11.9. The van der Waals surface area contributed by atoms with Gasteiger partial charge in [0.25, 0.3) is 0 Å². The van der Waals surface area contributed by atoms with Crippen LogP contribution < -0.4 is 5.32 Å². The Morgan fingerprint density at radius 1 is 1.45 bits per heavy atom. The normalized spacial score (nSPS) is 14.2. The van der Waals surface area contributed by atoms with E-state index in [9.17, 15) is 9.90 Å². The number of rotatable bonds is 6. The summed E-state index contributed by atoms with van der Waals surface area (Å²) in [7, 11) is 0. The van der Waals surface area contributed by atoms with Gasteiger partial charge < -0.3 is 15.4 Å². The first-order chi connectivity index (χ1) is 9.50. The molecule has 0 radical (unpaired) electrons. The summed E-state index contributed by atoms with van der Waals surface area (Å²) in [5.41, 5.74) is 1.06. The summed E-state index contributed by atoms with van der Waals surface area (Å²) in [6.45, 7) is 3.88. The number of H-pyrrole nitrogens is 1. The molecular formula is C15H21N3O2. The number of imidazole rings is 1. The van der Waals surface area contributed by atoms with E-state index in [1.807, 2.05) is 31.2 Å². The maximum atomic E-state index is 11.7. The third-order valence-corrected chi connectivity index (χ3v) is 3.46. The van der Waals surface area contributed by atoms with Crippen LogP contribution in [0.25, 0.3) is 11.0 Å². The van der Waals surface area contributed by atoms with Gasteiger partial charge in [0, 0.05) is 19.4 Å². The number of aryl methyl sites for hydroxylation is 1. The van der Waals surface area contributed by atoms with E-state index >= 15 is 0 Å². The number of carbonyl (C=O) groups is 1. The monoisotopic (exact) mass is 275 g/mol. The van der Waals surface area contributed by atoms with Crippen molar-refractivity contribution in [1.82, 2.24) is 15.3 Å². The summed E-state index contributed by atoms with van der Waals surface area (Å²) < 4.78 is 0. The smallest absolute Gasteiger partial charge is 0.220 e. The van der Waals surface area contributed by atoms with E-state index in [-0.39, 0.29) is 12.5 Å². The molecule has 1 heterocycles. The van der Waals surface area contributed by atoms with Gasteiger partial charge in [-0.25, -0.2) is 4.98 Å². The van der Waals surface area contributed by atoms with Gasteiger partial charge in [-0.2, -0.15) is 0 Å². The first-order valence-corrected chi connectivity index (χ1v) is 6.93. The van der Waals surface area contributed by atoms with E-state index in [1.54, 1.807) is 6.92 Å². The summed E-state index contributed by atoms with van der Waals surface area (Å²) in [6, 6.07) is 7.79. The number of aliphatic hydroxyl groups is 1. The van der Waals surface area contributed by atoms with Crippen LogP contribution in [0.5, 0.6) is 0 Å². The first-order valence-electron chi connectivity index (χ1n) is 6.93. The summed E-state index contributed by atoms with van der Waals surface area (Å²) >= 11 is 0. The number of fused-ring (bicyclic) bond motifs is 1. The number of hydrogen-bond acceptors (Lipinski definition) is 3. The van der Waals surface area contributed by atoms with E-state index in [4.69, 9.17) is 0 Å². The lowest BCUT2D eigenvalue weighted by Crippen LogP contribution is -2.40. The molecule has 0 fully saturated rings. The lowest BCUT2D eigenvalue weighted by Gasteiger charge is -2.21. The number of amides is 1. The van der Waals surface area contributed by atoms with Crippen LogP contribution in [-0.2, 0) is 11.2 Å². The Morgan fingerprint density at radius 3 is 2.90 bits per heavy atom. The van der Waals surface area contributed by atoms with Gasteiger partial charge in [-0.05, 0) is 25.5 Å². The summed E-state index contributed by atoms with van der Waals surface area (Å²) in [5, 5.41) is 12.6. The van der Waals surface area contributed by atoms with E-state index in [0.29, 0.717) is 19.3 Å². The average molecular weight is 275 g/mol. The zero-order chi connectivity index (χ0) is 14.6. The van der Waals surface area contributed by atoms with E-state index in [0.717, 1.165) is 16.9 Å². The molecule has 3 N–H and O–H groups in total. The van der Waals surface area contributed by atoms with Gasteiger partial charge in [-0.3, -0.25) is 4.79 Å². The van der Waals surface area contributed by atoms with Crippen LogP contribution in [0.4, 0.5) is 0 Å². The fraction of sp³-hybridized carbons (Fsp3) is 0.467. The molecule has 0 aliphatic carbocycles. The summed E-state index contributed by atoms with van der Waals surface area (Å²) in [4.78, 5) is 19.3. The van der Waals surface area contributed by atoms with Crippen LogP contribution in [0.3, 0.4) is 0 Å². The third kappa shape index (κ3) is 3.81. The lowest BCUT2D eigenvalue weighted by atomic mass is 10.0. The van der Waals surface area contributed by atoms with Crippen LogP contribution in [0, 0.1) is 0 Å². The standard InChI is InChI=1S/C15H21N3O2/c1-3-15(2,20)10-16-14(19)9-8-13-17-11-6-4-5-7-12(11)18-13/h4-7,20H,3,8-10H2,1-2H3,(H,16,19)(H,17,18). The first kappa shape index (κ1) is 14.5. The van der Waals surface area contributed by atoms with Crippen LogP contribution in [-0.4, -0.2) is 33.1 Å². The van der Waals surface area contributed by atoms with Crippen molar-refractivity contribution in [3.63, 3.8) is 0 Å². The highest BCUT2D eigenvalue weighted by atomic mass is 16.3. The predicted molar refractivity (Wildman–Crippen MR) is 78.3 cm³/mol. The van der Waals surface area contributed by atoms with Crippen LogP contribution >= 0.6 is 0 Å². The van der Waals surface area contributed by atoms with Crippen molar-refractivity contribution in [2.24, 2.45) is 0 Å². The molecule has 1 atom stereocenters. The SMILES string of the molecule is CCC(C)(O)CNC(=O)CCc1nc2ccccc2[nH]1. The molecule has 1 aromatic heterocycles. The number of hydrogen-bond donors (Lipinski definition) is 3. The molecule has 2 aromatic rings. The van der Waals surface area contributed by atoms with Crippen LogP contribution in [0.15, 0.2) is 24.3 Å². The topological polar surface area (TPSA) is 78.0 Å². The average Bonchev–Trinajstić information content (AvgIpc) is 2.86. The number of benzene rings is 1. The molecular weight excluding hydrogens is 254 g/mol. The molecule has 2 rings (SSSR count). The number of nitrogens with zero attached hydrogens (tertiary/aromatic N) is 1. The van der Waals surface area contributed by atoms with Crippen molar-refractivity contribution in [3.05, 3.63) is 30.1 Å². The van der Waals surface area contributed by atoms with Crippen molar-refractivity contribution in [1.29, 1.82) is 0 Å². The highest BCUT2D eigenvalue weighted by Gasteiger charge is 2.18. The molecule has 0 aliphatic rings. The molecule has 0 aliphatic heterocycles. The molecule has 1 amide bonds. The predicted octanol–water partition coefficient (Wildman–Crippen LogP) is 1.77. The van der Waals surface area contributed by atoms with E-state index in [1.165, 1.54) is 0 Å². The number of carbonyl (C=O) groups excluding carboxylic acids is 1. The summed E-state index contributed by atoms with van der Waals surface area (Å²) in [6.07, 6.45) is 1.53. The molecule has 108 valence electrons. The minimum absolute atomic E-state index is 0.0702. The van der Waals surface area contributed by atoms with Crippen molar-refractivity contribution in [2.75, 3.05) is 6.54 Å². The number of para-hydroxylation sites is 2. The molecule has 0 spiro atoms. The van der Waals surface area contributed by atoms with Crippen molar-refractivity contribution in [2.45, 2.75) is 38.7 Å². The van der Waals surface area contributed by atoms with Gasteiger partial charge in [-0.15, -0.1) is 0 Å². The van der Waals surface area contributed by atoms with Gasteiger partial charge in [0.2, 0.25) is 5.91 Å². The largest absolute Gasteiger partial charge is 0.388 e. The second-order valence-corrected chi connectivity index (χ2v) is 5.33. The minimum Gasteiger partial charge on any atom is -0.388 e. The molecule has 20 heavy (non-hydrogen) atoms. The van der Waals surface area contributed by atoms with Crippen LogP contribution in [0.2, 0.25) is 0 Å². The van der Waals surface area contributed by atoms with Crippen molar-refractivity contribution >= 4 is 16.9 Å². The molecule has 1 aromatic carbocycles. The van der Waals surface area contributed by atoms with E-state index < -0.39 is 5.60 Å². The van der Waals surface area contributed by atoms with Gasteiger partial charge in [0.05, 0.1) is 16.6 Å². The number of aromatic nitrogens is 2. The Balaban J connectivity index is 1.84. The van der Waals surface area contributed by atoms with Crippen LogP contribution in [0.1, 0.15) is 32.5 Å². The maximum absolute atomic E-state index is 11.7. The molecule has 0 saturated heterocycles. The number of nitrogens with one attached hydrogen (secondary N) is 2. The Labute approximate surface area is 118 Å². The van der Waals surface area contributed by atoms with E-state index in [2.05, 4.69) is 15.3 Å². The Hall–Kier alpha value is -1.88. The molecule has 5 nitrogen and oxygen atoms in total. The van der Waals surface area contributed by atoms with Gasteiger partial charge >= 0.3 is 0 Å². The summed E-state index contributed by atoms with van der Waals surface area (Å²) in [5.74, 6) is 0.739. The highest BCUT2D eigenvalue weighted by molar-refractivity contribution is 5.77. The quantitative estimate of drug-likeness (QED) is 0.752. The van der Waals surface area contributed by atoms with Crippen molar-refractivity contribution < 1.29 is 9.90 Å². The van der Waals surface area contributed by atoms with Gasteiger partial charge in [0.1, 0.15) is 5.82 Å². The molecule has 0 saturated carbocycles. The van der Waals surface area contributed by atoms with Crippen molar-refractivity contribution in [3.8, 4) is 0 Å². The highest BCUT2D eigenvalue weighted by Crippen LogP contribution is 2.11. The Bertz CT molecular complexity index is 557. The lowest BCUT2D eigenvalue weighted by molar-refractivity contribution is -0.122. The second-order valence-electron chi connectivity index (χ2n) is 5.33. The maximum Gasteiger partial charge on any atom is 0.220 e. The number of aromatic amines is 1. The van der Waals surface area contributed by atoms with Gasteiger partial charge in [-0.1, -0.05) is 19.1 Å².